The van der Waals surface area contributed by atoms with Gasteiger partial charge in [0.2, 0.25) is 5.91 Å². The highest BCUT2D eigenvalue weighted by atomic mass is 35.5. The molecule has 0 bridgehead atoms. The molecule has 0 aliphatic heterocycles. The van der Waals surface area contributed by atoms with Crippen molar-refractivity contribution in [2.75, 3.05) is 7.11 Å². The van der Waals surface area contributed by atoms with Crippen molar-refractivity contribution in [1.82, 2.24) is 25.1 Å². The predicted molar refractivity (Wildman–Crippen MR) is 110 cm³/mol. The molecule has 0 saturated carbocycles. The summed E-state index contributed by atoms with van der Waals surface area (Å²) in [6.45, 7) is 0.229. The molecule has 0 radical (unpaired) electrons. The van der Waals surface area contributed by atoms with Gasteiger partial charge in [0, 0.05) is 10.6 Å². The van der Waals surface area contributed by atoms with Gasteiger partial charge < -0.3 is 10.1 Å². The van der Waals surface area contributed by atoms with Crippen LogP contribution in [-0.4, -0.2) is 32.8 Å². The Morgan fingerprint density at radius 3 is 2.52 bits per heavy atom. The predicted octanol–water partition coefficient (Wildman–Crippen LogP) is 3.31. The number of ether oxygens (including phenoxy) is 1. The van der Waals surface area contributed by atoms with Crippen LogP contribution in [0.15, 0.2) is 60.7 Å². The molecular weight excluding hydrogens is 390 g/mol. The van der Waals surface area contributed by atoms with Crippen molar-refractivity contribution >= 4 is 23.2 Å². The number of hydrogen-bond donors (Lipinski definition) is 1. The Balaban J connectivity index is 1.48. The Morgan fingerprint density at radius 2 is 1.79 bits per heavy atom. The lowest BCUT2D eigenvalue weighted by Gasteiger charge is -2.06. The third-order valence-corrected chi connectivity index (χ3v) is 4.69. The van der Waals surface area contributed by atoms with Crippen LogP contribution in [-0.2, 0) is 17.8 Å². The molecule has 4 aromatic rings. The van der Waals surface area contributed by atoms with Crippen molar-refractivity contribution in [1.29, 1.82) is 0 Å². The zero-order chi connectivity index (χ0) is 20.2. The Kier molecular flexibility index (Phi) is 5.39. The Morgan fingerprint density at radius 1 is 1.03 bits per heavy atom. The second-order valence-electron chi connectivity index (χ2n) is 6.41. The van der Waals surface area contributed by atoms with Gasteiger partial charge in [-0.3, -0.25) is 4.79 Å². The van der Waals surface area contributed by atoms with Crippen LogP contribution < -0.4 is 10.1 Å². The van der Waals surface area contributed by atoms with Crippen molar-refractivity contribution in [3.8, 4) is 17.0 Å². The molecule has 0 aliphatic rings. The molecule has 4 rings (SSSR count). The molecule has 2 heterocycles. The maximum Gasteiger partial charge on any atom is 0.224 e. The molecule has 0 saturated heterocycles. The van der Waals surface area contributed by atoms with Crippen LogP contribution in [0, 0.1) is 0 Å². The molecule has 0 atom stereocenters. The average molecular weight is 408 g/mol. The summed E-state index contributed by atoms with van der Waals surface area (Å²) >= 11 is 5.87. The van der Waals surface area contributed by atoms with E-state index >= 15 is 0 Å². The quantitative estimate of drug-likeness (QED) is 0.530. The van der Waals surface area contributed by atoms with Gasteiger partial charge >= 0.3 is 0 Å². The summed E-state index contributed by atoms with van der Waals surface area (Å²) in [5.74, 6) is 1.22. The van der Waals surface area contributed by atoms with E-state index in [4.69, 9.17) is 16.3 Å². The van der Waals surface area contributed by atoms with Crippen LogP contribution in [0.3, 0.4) is 0 Å². The fourth-order valence-electron chi connectivity index (χ4n) is 2.89. The molecule has 0 aliphatic carbocycles. The average Bonchev–Trinajstić information content (AvgIpc) is 3.16. The lowest BCUT2D eigenvalue weighted by molar-refractivity contribution is -0.120. The lowest BCUT2D eigenvalue weighted by Crippen LogP contribution is -2.25. The zero-order valence-electron chi connectivity index (χ0n) is 15.7. The molecule has 2 aromatic heterocycles. The number of aromatic nitrogens is 4. The Bertz CT molecular complexity index is 1140. The smallest absolute Gasteiger partial charge is 0.224 e. The second kappa shape index (κ2) is 8.28. The SMILES string of the molecule is COc1ccc(-c2ccc3nnc(CNC(=O)Cc4ccc(Cl)cc4)n3n2)cc1. The van der Waals surface area contributed by atoms with Gasteiger partial charge in [-0.25, -0.2) is 0 Å². The van der Waals surface area contributed by atoms with Gasteiger partial charge in [0.1, 0.15) is 5.75 Å². The van der Waals surface area contributed by atoms with Crippen LogP contribution in [0.1, 0.15) is 11.4 Å². The summed E-state index contributed by atoms with van der Waals surface area (Å²) < 4.78 is 6.83. The van der Waals surface area contributed by atoms with Crippen molar-refractivity contribution in [3.05, 3.63) is 77.1 Å². The van der Waals surface area contributed by atoms with E-state index in [1.165, 1.54) is 0 Å². The van der Waals surface area contributed by atoms with Crippen LogP contribution in [0.2, 0.25) is 5.02 Å². The molecule has 1 N–H and O–H groups in total. The van der Waals surface area contributed by atoms with Crippen LogP contribution in [0.25, 0.3) is 16.9 Å². The standard InChI is InChI=1S/C21H18ClN5O2/c1-29-17-8-4-15(5-9-17)18-10-11-19-24-25-20(27(19)26-18)13-23-21(28)12-14-2-6-16(22)7-3-14/h2-11H,12-13H2,1H3,(H,23,28). The highest BCUT2D eigenvalue weighted by molar-refractivity contribution is 6.30. The molecule has 1 amide bonds. The van der Waals surface area contributed by atoms with Crippen LogP contribution in [0.4, 0.5) is 0 Å². The number of halogens is 1. The van der Waals surface area contributed by atoms with Gasteiger partial charge in [-0.1, -0.05) is 23.7 Å². The minimum atomic E-state index is -0.115. The largest absolute Gasteiger partial charge is 0.497 e. The van der Waals surface area contributed by atoms with Crippen molar-refractivity contribution in [2.24, 2.45) is 0 Å². The number of rotatable bonds is 6. The maximum atomic E-state index is 12.2. The molecule has 0 spiro atoms. The molecule has 0 fully saturated rings. The third-order valence-electron chi connectivity index (χ3n) is 4.43. The number of benzene rings is 2. The van der Waals surface area contributed by atoms with Gasteiger partial charge in [0.05, 0.1) is 25.8 Å². The van der Waals surface area contributed by atoms with Gasteiger partial charge in [0.25, 0.3) is 0 Å². The minimum absolute atomic E-state index is 0.115. The Labute approximate surface area is 172 Å². The summed E-state index contributed by atoms with van der Waals surface area (Å²) in [6, 6.07) is 18.6. The number of carbonyl (C=O) groups is 1. The van der Waals surface area contributed by atoms with E-state index in [0.29, 0.717) is 16.5 Å². The van der Waals surface area contributed by atoms with E-state index in [9.17, 15) is 4.79 Å². The van der Waals surface area contributed by atoms with Gasteiger partial charge in [-0.2, -0.15) is 9.61 Å². The van der Waals surface area contributed by atoms with Crippen molar-refractivity contribution in [2.45, 2.75) is 13.0 Å². The first-order valence-electron chi connectivity index (χ1n) is 8.99. The number of carbonyl (C=O) groups excluding carboxylic acids is 1. The summed E-state index contributed by atoms with van der Waals surface area (Å²) in [5.41, 5.74) is 3.22. The van der Waals surface area contributed by atoms with Crippen molar-refractivity contribution < 1.29 is 9.53 Å². The maximum absolute atomic E-state index is 12.2. The first kappa shape index (κ1) is 18.9. The summed E-state index contributed by atoms with van der Waals surface area (Å²) in [5, 5.41) is 16.4. The number of amides is 1. The first-order valence-corrected chi connectivity index (χ1v) is 9.37. The number of nitrogens with zero attached hydrogens (tertiary/aromatic N) is 4. The van der Waals surface area contributed by atoms with E-state index in [1.807, 2.05) is 48.5 Å². The van der Waals surface area contributed by atoms with Crippen LogP contribution in [0.5, 0.6) is 5.75 Å². The van der Waals surface area contributed by atoms with E-state index in [1.54, 1.807) is 23.8 Å². The molecule has 0 unspecified atom stereocenters. The normalized spacial score (nSPS) is 10.8. The number of methoxy groups -OCH3 is 1. The summed E-state index contributed by atoms with van der Waals surface area (Å²) in [4.78, 5) is 12.2. The fourth-order valence-corrected chi connectivity index (χ4v) is 3.01. The van der Waals surface area contributed by atoms with Crippen molar-refractivity contribution in [3.63, 3.8) is 0 Å². The molecular formula is C21H18ClN5O2. The number of fused-ring (bicyclic) bond motifs is 1. The topological polar surface area (TPSA) is 81.4 Å². The monoisotopic (exact) mass is 407 g/mol. The highest BCUT2D eigenvalue weighted by Gasteiger charge is 2.11. The van der Waals surface area contributed by atoms with E-state index in [0.717, 1.165) is 22.6 Å². The zero-order valence-corrected chi connectivity index (χ0v) is 16.4. The molecule has 7 nitrogen and oxygen atoms in total. The summed E-state index contributed by atoms with van der Waals surface area (Å²) in [6.07, 6.45) is 0.262. The number of hydrogen-bond acceptors (Lipinski definition) is 5. The minimum Gasteiger partial charge on any atom is -0.497 e. The van der Waals surface area contributed by atoms with Gasteiger partial charge in [0.15, 0.2) is 11.5 Å². The molecule has 2 aromatic carbocycles. The first-order chi connectivity index (χ1) is 14.1. The Hall–Kier alpha value is -3.45. The van der Waals surface area contributed by atoms with Crippen LogP contribution >= 0.6 is 11.6 Å². The third kappa shape index (κ3) is 4.35. The molecule has 8 heteroatoms. The summed E-state index contributed by atoms with van der Waals surface area (Å²) in [7, 11) is 1.63. The van der Waals surface area contributed by atoms with E-state index in [-0.39, 0.29) is 18.9 Å². The second-order valence-corrected chi connectivity index (χ2v) is 6.85. The van der Waals surface area contributed by atoms with Gasteiger partial charge in [-0.05, 0) is 54.1 Å². The van der Waals surface area contributed by atoms with E-state index < -0.39 is 0 Å². The van der Waals surface area contributed by atoms with Gasteiger partial charge in [-0.15, -0.1) is 10.2 Å². The molecule has 29 heavy (non-hydrogen) atoms. The van der Waals surface area contributed by atoms with E-state index in [2.05, 4.69) is 20.6 Å². The fraction of sp³-hybridized carbons (Fsp3) is 0.143. The number of nitrogens with one attached hydrogen (secondary N) is 1. The highest BCUT2D eigenvalue weighted by Crippen LogP contribution is 2.21. The lowest BCUT2D eigenvalue weighted by atomic mass is 10.1. The molecule has 146 valence electrons.